The third kappa shape index (κ3) is 5.48. The Morgan fingerprint density at radius 3 is 1.72 bits per heavy atom. The van der Waals surface area contributed by atoms with Crippen LogP contribution in [0.1, 0.15) is 53.9 Å². The fourth-order valence-electron chi connectivity index (χ4n) is 2.01. The maximum Gasteiger partial charge on any atom is 0.341 e. The highest BCUT2D eigenvalue weighted by Gasteiger charge is 2.23. The van der Waals surface area contributed by atoms with Crippen molar-refractivity contribution >= 4 is 11.8 Å². The summed E-state index contributed by atoms with van der Waals surface area (Å²) < 4.78 is 4.76. The quantitative estimate of drug-likeness (QED) is 0.302. The van der Waals surface area contributed by atoms with E-state index in [9.17, 15) is 9.59 Å². The molecule has 0 aromatic heterocycles. The van der Waals surface area contributed by atoms with Gasteiger partial charge in [-0.05, 0) is 24.7 Å². The first-order valence-electron chi connectivity index (χ1n) is 6.66. The molecule has 18 heavy (non-hydrogen) atoms. The molecule has 0 heterocycles. The number of esters is 1. The highest BCUT2D eigenvalue weighted by Crippen LogP contribution is 2.24. The third-order valence-electron chi connectivity index (χ3n) is 2.65. The van der Waals surface area contributed by atoms with Gasteiger partial charge in [0.1, 0.15) is 5.57 Å². The van der Waals surface area contributed by atoms with Crippen LogP contribution in [0.5, 0.6) is 0 Å². The van der Waals surface area contributed by atoms with Crippen LogP contribution in [0.15, 0.2) is 11.1 Å². The summed E-state index contributed by atoms with van der Waals surface area (Å²) in [7, 11) is 1.33. The largest absolute Gasteiger partial charge is 0.465 e. The lowest BCUT2D eigenvalue weighted by atomic mass is 9.89. The standard InChI is InChI=1S/C15H26O3/c1-7-13(16)14(15(17)18-6)12(8-10(2)3)9-11(4)5/h10-11H,7-9H2,1-6H3. The van der Waals surface area contributed by atoms with E-state index in [0.29, 0.717) is 18.3 Å². The monoisotopic (exact) mass is 254 g/mol. The van der Waals surface area contributed by atoms with Gasteiger partial charge in [0.05, 0.1) is 7.11 Å². The molecule has 0 saturated carbocycles. The lowest BCUT2D eigenvalue weighted by molar-refractivity contribution is -0.137. The summed E-state index contributed by atoms with van der Waals surface area (Å²) >= 11 is 0. The number of Topliss-reactive ketones (excluding diaryl/α,β-unsaturated/α-hetero) is 1. The van der Waals surface area contributed by atoms with Crippen LogP contribution in [0.4, 0.5) is 0 Å². The molecular weight excluding hydrogens is 228 g/mol. The number of carbonyl (C=O) groups is 2. The highest BCUT2D eigenvalue weighted by molar-refractivity contribution is 6.17. The van der Waals surface area contributed by atoms with Gasteiger partial charge in [-0.25, -0.2) is 4.79 Å². The summed E-state index contributed by atoms with van der Waals surface area (Å²) in [6.45, 7) is 10.1. The lowest BCUT2D eigenvalue weighted by Gasteiger charge is -2.16. The lowest BCUT2D eigenvalue weighted by Crippen LogP contribution is -2.18. The molecule has 0 bridgehead atoms. The van der Waals surface area contributed by atoms with E-state index < -0.39 is 5.97 Å². The Morgan fingerprint density at radius 2 is 1.44 bits per heavy atom. The van der Waals surface area contributed by atoms with Crippen LogP contribution in [-0.2, 0) is 14.3 Å². The summed E-state index contributed by atoms with van der Waals surface area (Å²) in [5.74, 6) is 0.238. The second-order valence-corrected chi connectivity index (χ2v) is 5.44. The van der Waals surface area contributed by atoms with Gasteiger partial charge >= 0.3 is 5.97 Å². The van der Waals surface area contributed by atoms with Crippen LogP contribution in [0, 0.1) is 11.8 Å². The fourth-order valence-corrected chi connectivity index (χ4v) is 2.01. The van der Waals surface area contributed by atoms with Gasteiger partial charge < -0.3 is 4.74 Å². The molecule has 0 spiro atoms. The van der Waals surface area contributed by atoms with Crippen molar-refractivity contribution in [2.75, 3.05) is 7.11 Å². The minimum absolute atomic E-state index is 0.113. The first kappa shape index (κ1) is 16.9. The maximum absolute atomic E-state index is 12.0. The molecule has 0 N–H and O–H groups in total. The Bertz CT molecular complexity index is 295. The van der Waals surface area contributed by atoms with Crippen LogP contribution in [-0.4, -0.2) is 18.9 Å². The average molecular weight is 254 g/mol. The summed E-state index contributed by atoms with van der Waals surface area (Å²) in [6.07, 6.45) is 1.88. The number of hydrogen-bond donors (Lipinski definition) is 0. The van der Waals surface area contributed by atoms with Crippen molar-refractivity contribution in [3.05, 3.63) is 11.1 Å². The molecule has 0 fully saturated rings. The topological polar surface area (TPSA) is 43.4 Å². The van der Waals surface area contributed by atoms with Crippen molar-refractivity contribution in [3.8, 4) is 0 Å². The summed E-state index contributed by atoms with van der Waals surface area (Å²) in [6, 6.07) is 0. The number of carbonyl (C=O) groups excluding carboxylic acids is 2. The summed E-state index contributed by atoms with van der Waals surface area (Å²) in [4.78, 5) is 23.8. The molecular formula is C15H26O3. The van der Waals surface area contributed by atoms with Crippen LogP contribution in [0.25, 0.3) is 0 Å². The summed E-state index contributed by atoms with van der Waals surface area (Å²) in [5, 5.41) is 0. The second kappa shape index (κ2) is 8.06. The van der Waals surface area contributed by atoms with Crippen molar-refractivity contribution < 1.29 is 14.3 Å². The molecule has 0 aliphatic rings. The van der Waals surface area contributed by atoms with E-state index in [1.54, 1.807) is 6.92 Å². The zero-order chi connectivity index (χ0) is 14.3. The minimum Gasteiger partial charge on any atom is -0.465 e. The molecule has 0 unspecified atom stereocenters. The molecule has 0 radical (unpaired) electrons. The van der Waals surface area contributed by atoms with Crippen LogP contribution < -0.4 is 0 Å². The number of rotatable bonds is 7. The number of allylic oxidation sites excluding steroid dienone is 1. The van der Waals surface area contributed by atoms with Crippen molar-refractivity contribution in [2.45, 2.75) is 53.9 Å². The molecule has 0 aliphatic heterocycles. The van der Waals surface area contributed by atoms with Crippen LogP contribution in [0.3, 0.4) is 0 Å². The Morgan fingerprint density at radius 1 is 1.00 bits per heavy atom. The highest BCUT2D eigenvalue weighted by atomic mass is 16.5. The Kier molecular flexibility index (Phi) is 7.56. The molecule has 0 saturated heterocycles. The SMILES string of the molecule is CCC(=O)C(C(=O)OC)=C(CC(C)C)CC(C)C. The van der Waals surface area contributed by atoms with Crippen LogP contribution in [0.2, 0.25) is 0 Å². The van der Waals surface area contributed by atoms with E-state index in [-0.39, 0.29) is 11.4 Å². The Labute approximate surface area is 111 Å². The van der Waals surface area contributed by atoms with Gasteiger partial charge in [-0.15, -0.1) is 0 Å². The minimum atomic E-state index is -0.488. The first-order chi connectivity index (χ1) is 8.33. The van der Waals surface area contributed by atoms with Crippen molar-refractivity contribution in [1.29, 1.82) is 0 Å². The molecule has 0 atom stereocenters. The number of ketones is 1. The maximum atomic E-state index is 12.0. The van der Waals surface area contributed by atoms with Crippen molar-refractivity contribution in [2.24, 2.45) is 11.8 Å². The first-order valence-corrected chi connectivity index (χ1v) is 6.66. The zero-order valence-corrected chi connectivity index (χ0v) is 12.5. The number of hydrogen-bond acceptors (Lipinski definition) is 3. The van der Waals surface area contributed by atoms with Gasteiger partial charge in [-0.2, -0.15) is 0 Å². The predicted octanol–water partition coefficient (Wildman–Crippen LogP) is 3.53. The normalized spacial score (nSPS) is 10.7. The van der Waals surface area contributed by atoms with E-state index in [1.807, 2.05) is 0 Å². The van der Waals surface area contributed by atoms with Gasteiger partial charge in [0, 0.05) is 6.42 Å². The molecule has 104 valence electrons. The van der Waals surface area contributed by atoms with Crippen molar-refractivity contribution in [3.63, 3.8) is 0 Å². The zero-order valence-electron chi connectivity index (χ0n) is 12.5. The molecule has 0 amide bonds. The van der Waals surface area contributed by atoms with Gasteiger partial charge in [0.15, 0.2) is 5.78 Å². The average Bonchev–Trinajstić information content (AvgIpc) is 2.26. The van der Waals surface area contributed by atoms with Gasteiger partial charge in [0.2, 0.25) is 0 Å². The molecule has 3 nitrogen and oxygen atoms in total. The van der Waals surface area contributed by atoms with Gasteiger partial charge in [-0.3, -0.25) is 4.79 Å². The Hall–Kier alpha value is -1.12. The molecule has 0 aliphatic carbocycles. The number of ether oxygens (including phenoxy) is 1. The third-order valence-corrected chi connectivity index (χ3v) is 2.65. The fraction of sp³-hybridized carbons (Fsp3) is 0.733. The Balaban J connectivity index is 5.50. The molecule has 0 aromatic rings. The summed E-state index contributed by atoms with van der Waals surface area (Å²) in [5.41, 5.74) is 1.22. The molecule has 0 rings (SSSR count). The van der Waals surface area contributed by atoms with Crippen LogP contribution >= 0.6 is 0 Å². The molecule has 3 heteroatoms. The number of methoxy groups -OCH3 is 1. The van der Waals surface area contributed by atoms with E-state index in [1.165, 1.54) is 7.11 Å². The smallest absolute Gasteiger partial charge is 0.341 e. The van der Waals surface area contributed by atoms with E-state index in [4.69, 9.17) is 4.74 Å². The van der Waals surface area contributed by atoms with E-state index >= 15 is 0 Å². The van der Waals surface area contributed by atoms with Gasteiger partial charge in [-0.1, -0.05) is 40.2 Å². The molecule has 0 aromatic carbocycles. The predicted molar refractivity (Wildman–Crippen MR) is 73.3 cm³/mol. The van der Waals surface area contributed by atoms with E-state index in [2.05, 4.69) is 27.7 Å². The van der Waals surface area contributed by atoms with Crippen molar-refractivity contribution in [1.82, 2.24) is 0 Å². The van der Waals surface area contributed by atoms with Gasteiger partial charge in [0.25, 0.3) is 0 Å². The van der Waals surface area contributed by atoms with E-state index in [0.717, 1.165) is 18.4 Å². The second-order valence-electron chi connectivity index (χ2n) is 5.44.